The summed E-state index contributed by atoms with van der Waals surface area (Å²) in [4.78, 5) is 0. The molecule has 0 fully saturated rings. The van der Waals surface area contributed by atoms with Crippen molar-refractivity contribution in [1.82, 2.24) is 5.32 Å². The van der Waals surface area contributed by atoms with E-state index >= 15 is 0 Å². The van der Waals surface area contributed by atoms with E-state index in [1.807, 2.05) is 0 Å². The van der Waals surface area contributed by atoms with Crippen LogP contribution in [0.25, 0.3) is 0 Å². The fourth-order valence-corrected chi connectivity index (χ4v) is 2.19. The molecule has 0 amide bonds. The van der Waals surface area contributed by atoms with Crippen LogP contribution in [0.4, 0.5) is 0 Å². The molecule has 3 heteroatoms. The number of rotatable bonds is 6. The Morgan fingerprint density at radius 3 is 2.69 bits per heavy atom. The van der Waals surface area contributed by atoms with Crippen LogP contribution in [0.15, 0.2) is 11.8 Å². The lowest BCUT2D eigenvalue weighted by molar-refractivity contribution is 0.0213. The Morgan fingerprint density at radius 2 is 2.25 bits per heavy atom. The molecule has 2 atom stereocenters. The lowest BCUT2D eigenvalue weighted by Crippen LogP contribution is -2.46. The van der Waals surface area contributed by atoms with E-state index in [-0.39, 0.29) is 12.1 Å². The summed E-state index contributed by atoms with van der Waals surface area (Å²) in [5.41, 5.74) is 0. The van der Waals surface area contributed by atoms with Gasteiger partial charge in [-0.3, -0.25) is 0 Å². The number of allylic oxidation sites excluding steroid dienone is 1. The van der Waals surface area contributed by atoms with E-state index in [9.17, 15) is 0 Å². The quantitative estimate of drug-likeness (QED) is 0.755. The average Bonchev–Trinajstić information content (AvgIpc) is 2.29. The van der Waals surface area contributed by atoms with Gasteiger partial charge in [-0.2, -0.15) is 0 Å². The van der Waals surface area contributed by atoms with Gasteiger partial charge in [0, 0.05) is 7.11 Å². The summed E-state index contributed by atoms with van der Waals surface area (Å²) in [5.74, 6) is 1.54. The van der Waals surface area contributed by atoms with Crippen molar-refractivity contribution < 1.29 is 9.47 Å². The van der Waals surface area contributed by atoms with Gasteiger partial charge in [-0.25, -0.2) is 0 Å². The van der Waals surface area contributed by atoms with Gasteiger partial charge in [0.05, 0.1) is 18.8 Å². The number of likely N-dealkylation sites (N-methyl/N-ethyl adjacent to an activating group) is 1. The molecule has 1 N–H and O–H groups in total. The van der Waals surface area contributed by atoms with E-state index in [0.717, 1.165) is 31.8 Å². The van der Waals surface area contributed by atoms with E-state index in [4.69, 9.17) is 9.47 Å². The minimum absolute atomic E-state index is 0.171. The second kappa shape index (κ2) is 6.92. The Labute approximate surface area is 99.2 Å². The molecular weight excluding hydrogens is 202 g/mol. The van der Waals surface area contributed by atoms with Crippen LogP contribution >= 0.6 is 0 Å². The number of methoxy groups -OCH3 is 1. The normalized spacial score (nSPS) is 20.2. The third kappa shape index (κ3) is 3.49. The minimum Gasteiger partial charge on any atom is -0.496 e. The van der Waals surface area contributed by atoms with Gasteiger partial charge in [-0.1, -0.05) is 20.8 Å². The van der Waals surface area contributed by atoms with Crippen molar-refractivity contribution >= 4 is 0 Å². The van der Waals surface area contributed by atoms with Gasteiger partial charge in [0.2, 0.25) is 0 Å². The predicted octanol–water partition coefficient (Wildman–Crippen LogP) is 2.33. The number of ether oxygens (including phenoxy) is 2. The van der Waals surface area contributed by atoms with Crippen LogP contribution in [0.5, 0.6) is 0 Å². The standard InChI is InChI=1S/C13H25NO2/c1-5-14-12(13(15-4)10(2)3)11-8-6-7-9-16-11/h8,10,12-14H,5-7,9H2,1-4H3. The van der Waals surface area contributed by atoms with Crippen molar-refractivity contribution in [2.24, 2.45) is 5.92 Å². The predicted molar refractivity (Wildman–Crippen MR) is 66.4 cm³/mol. The van der Waals surface area contributed by atoms with Crippen molar-refractivity contribution in [3.05, 3.63) is 11.8 Å². The molecule has 0 aromatic carbocycles. The molecule has 0 aromatic heterocycles. The van der Waals surface area contributed by atoms with Crippen molar-refractivity contribution in [2.45, 2.75) is 45.8 Å². The van der Waals surface area contributed by atoms with Crippen molar-refractivity contribution in [2.75, 3.05) is 20.3 Å². The highest BCUT2D eigenvalue weighted by molar-refractivity contribution is 5.09. The van der Waals surface area contributed by atoms with E-state index in [0.29, 0.717) is 5.92 Å². The average molecular weight is 227 g/mol. The Balaban J connectivity index is 2.74. The van der Waals surface area contributed by atoms with Crippen LogP contribution in [-0.4, -0.2) is 32.4 Å². The van der Waals surface area contributed by atoms with E-state index < -0.39 is 0 Å². The zero-order valence-electron chi connectivity index (χ0n) is 11.0. The molecule has 0 bridgehead atoms. The van der Waals surface area contributed by atoms with Gasteiger partial charge < -0.3 is 14.8 Å². The molecule has 0 aromatic rings. The largest absolute Gasteiger partial charge is 0.496 e. The second-order valence-electron chi connectivity index (χ2n) is 4.58. The van der Waals surface area contributed by atoms with Gasteiger partial charge in [0.25, 0.3) is 0 Å². The lowest BCUT2D eigenvalue weighted by atomic mass is 9.96. The summed E-state index contributed by atoms with van der Waals surface area (Å²) >= 11 is 0. The molecule has 0 saturated carbocycles. The molecule has 1 aliphatic heterocycles. The first-order chi connectivity index (χ1) is 7.70. The number of hydrogen-bond donors (Lipinski definition) is 1. The zero-order chi connectivity index (χ0) is 12.0. The molecule has 0 spiro atoms. The Morgan fingerprint density at radius 1 is 1.50 bits per heavy atom. The molecule has 0 saturated heterocycles. The molecule has 0 aliphatic carbocycles. The van der Waals surface area contributed by atoms with Crippen LogP contribution in [-0.2, 0) is 9.47 Å². The van der Waals surface area contributed by atoms with E-state index in [1.54, 1.807) is 7.11 Å². The maximum absolute atomic E-state index is 5.74. The van der Waals surface area contributed by atoms with Gasteiger partial charge in [0.15, 0.2) is 0 Å². The van der Waals surface area contributed by atoms with Gasteiger partial charge in [-0.15, -0.1) is 0 Å². The summed E-state index contributed by atoms with van der Waals surface area (Å²) in [6.07, 6.45) is 4.61. The van der Waals surface area contributed by atoms with Crippen LogP contribution in [0.2, 0.25) is 0 Å². The molecule has 3 nitrogen and oxygen atoms in total. The number of nitrogens with one attached hydrogen (secondary N) is 1. The maximum atomic E-state index is 5.74. The topological polar surface area (TPSA) is 30.5 Å². The molecule has 1 heterocycles. The lowest BCUT2D eigenvalue weighted by Gasteiger charge is -2.32. The highest BCUT2D eigenvalue weighted by atomic mass is 16.5. The molecular formula is C13H25NO2. The summed E-state index contributed by atoms with van der Waals surface area (Å²) in [5, 5.41) is 3.47. The van der Waals surface area contributed by atoms with Crippen LogP contribution < -0.4 is 5.32 Å². The third-order valence-electron chi connectivity index (χ3n) is 2.95. The first-order valence-corrected chi connectivity index (χ1v) is 6.29. The van der Waals surface area contributed by atoms with Gasteiger partial charge in [0.1, 0.15) is 5.76 Å². The second-order valence-corrected chi connectivity index (χ2v) is 4.58. The Kier molecular flexibility index (Phi) is 5.85. The molecule has 1 aliphatic rings. The minimum atomic E-state index is 0.171. The molecule has 16 heavy (non-hydrogen) atoms. The third-order valence-corrected chi connectivity index (χ3v) is 2.95. The SMILES string of the molecule is CCNC(C1=CCCCO1)C(OC)C(C)C. The van der Waals surface area contributed by atoms with Crippen LogP contribution in [0, 0.1) is 5.92 Å². The highest BCUT2D eigenvalue weighted by Gasteiger charge is 2.28. The molecule has 94 valence electrons. The van der Waals surface area contributed by atoms with Gasteiger partial charge in [-0.05, 0) is 31.4 Å². The van der Waals surface area contributed by atoms with Crippen molar-refractivity contribution in [1.29, 1.82) is 0 Å². The zero-order valence-corrected chi connectivity index (χ0v) is 11.0. The monoisotopic (exact) mass is 227 g/mol. The van der Waals surface area contributed by atoms with Crippen LogP contribution in [0.1, 0.15) is 33.6 Å². The van der Waals surface area contributed by atoms with Crippen molar-refractivity contribution in [3.8, 4) is 0 Å². The Bertz CT molecular complexity index is 226. The van der Waals surface area contributed by atoms with Crippen molar-refractivity contribution in [3.63, 3.8) is 0 Å². The summed E-state index contributed by atoms with van der Waals surface area (Å²) in [7, 11) is 1.78. The Hall–Kier alpha value is -0.540. The molecule has 0 radical (unpaired) electrons. The van der Waals surface area contributed by atoms with E-state index in [2.05, 4.69) is 32.2 Å². The summed E-state index contributed by atoms with van der Waals surface area (Å²) in [6.45, 7) is 8.24. The molecule has 2 unspecified atom stereocenters. The fraction of sp³-hybridized carbons (Fsp3) is 0.846. The van der Waals surface area contributed by atoms with Crippen LogP contribution in [0.3, 0.4) is 0 Å². The van der Waals surface area contributed by atoms with Gasteiger partial charge >= 0.3 is 0 Å². The number of hydrogen-bond acceptors (Lipinski definition) is 3. The summed E-state index contributed by atoms with van der Waals surface area (Å²) < 4.78 is 11.3. The molecule has 1 rings (SSSR count). The maximum Gasteiger partial charge on any atom is 0.112 e. The first-order valence-electron chi connectivity index (χ1n) is 6.29. The van der Waals surface area contributed by atoms with E-state index in [1.165, 1.54) is 0 Å². The first kappa shape index (κ1) is 13.5. The fourth-order valence-electron chi connectivity index (χ4n) is 2.19. The summed E-state index contributed by atoms with van der Waals surface area (Å²) in [6, 6.07) is 0.190. The smallest absolute Gasteiger partial charge is 0.112 e. The highest BCUT2D eigenvalue weighted by Crippen LogP contribution is 2.21.